The van der Waals surface area contributed by atoms with Crippen molar-refractivity contribution in [2.75, 3.05) is 65.4 Å². The molecule has 0 spiro atoms. The van der Waals surface area contributed by atoms with Gasteiger partial charge in [0.05, 0.1) is 25.4 Å². The van der Waals surface area contributed by atoms with E-state index in [0.717, 1.165) is 4.90 Å². The highest BCUT2D eigenvalue weighted by Crippen LogP contribution is 2.21. The molecule has 1 fully saturated rings. The SMILES string of the molecule is N=C(N)NCC/C=C(\NC(=O)[C@H](CCCCN)NC(=O)[C@H](Cc1cnc[nH]1)NC(=O)[C@@H]1CCCN1C(=O)/C(CCCN)=N/C(=O)CNC(=O)[C@@H](NC(=O)C[C@H](CN)OC(=O)C(F)(F)F)[C@@H](O)CN)C(=O)N[C@@H](CCCCN)C(=O)NCCCCN. The van der Waals surface area contributed by atoms with Crippen LogP contribution in [0.5, 0.6) is 0 Å². The van der Waals surface area contributed by atoms with Gasteiger partial charge in [-0.3, -0.25) is 48.6 Å². The number of halogens is 3. The minimum atomic E-state index is -5.40. The molecule has 85 heavy (non-hydrogen) atoms. The minimum Gasteiger partial charge on any atom is -0.454 e. The van der Waals surface area contributed by atoms with Crippen molar-refractivity contribution < 1.29 is 71.0 Å². The van der Waals surface area contributed by atoms with Gasteiger partial charge in [-0.25, -0.2) is 14.8 Å². The highest BCUT2D eigenvalue weighted by molar-refractivity contribution is 6.40. The first-order valence-electron chi connectivity index (χ1n) is 27.8. The number of aliphatic hydroxyl groups is 1. The molecule has 1 aromatic heterocycles. The summed E-state index contributed by atoms with van der Waals surface area (Å²) in [6.45, 7) is -0.973. The minimum absolute atomic E-state index is 0.00921. The van der Waals surface area contributed by atoms with E-state index in [4.69, 9.17) is 45.5 Å². The Labute approximate surface area is 488 Å². The number of likely N-dealkylation sites (tertiary alicyclic amines) is 1. The van der Waals surface area contributed by atoms with Crippen LogP contribution in [0.25, 0.3) is 0 Å². The van der Waals surface area contributed by atoms with Crippen LogP contribution in [0.3, 0.4) is 0 Å². The van der Waals surface area contributed by atoms with Gasteiger partial charge in [0, 0.05) is 51.0 Å². The number of hydrogen-bond donors (Lipinski definition) is 18. The fourth-order valence-electron chi connectivity index (χ4n) is 8.27. The van der Waals surface area contributed by atoms with Gasteiger partial charge in [0.1, 0.15) is 47.7 Å². The molecule has 1 aliphatic rings. The number of amides is 9. The van der Waals surface area contributed by atoms with E-state index in [9.17, 15) is 66.2 Å². The lowest BCUT2D eigenvalue weighted by atomic mass is 10.1. The normalized spacial score (nSPS) is 15.6. The van der Waals surface area contributed by atoms with Crippen LogP contribution in [0.4, 0.5) is 13.2 Å². The summed E-state index contributed by atoms with van der Waals surface area (Å²) in [5.74, 6) is -11.3. The fraction of sp³-hybridized carbons (Fsp3) is 0.660. The van der Waals surface area contributed by atoms with Crippen LogP contribution in [0, 0.1) is 5.41 Å². The molecule has 0 radical (unpaired) electrons. The van der Waals surface area contributed by atoms with Gasteiger partial charge in [0.2, 0.25) is 35.4 Å². The van der Waals surface area contributed by atoms with Crippen LogP contribution in [-0.2, 0) is 59.1 Å². The van der Waals surface area contributed by atoms with Gasteiger partial charge in [-0.1, -0.05) is 6.08 Å². The Balaban J connectivity index is 2.41. The molecule has 478 valence electrons. The highest BCUT2D eigenvalue weighted by Gasteiger charge is 2.43. The van der Waals surface area contributed by atoms with Gasteiger partial charge >= 0.3 is 12.1 Å². The summed E-state index contributed by atoms with van der Waals surface area (Å²) in [4.78, 5) is 147. The van der Waals surface area contributed by atoms with E-state index in [1.165, 1.54) is 18.6 Å². The molecule has 1 aliphatic heterocycles. The lowest BCUT2D eigenvalue weighted by molar-refractivity contribution is -0.204. The number of ether oxygens (including phenoxy) is 1. The maximum Gasteiger partial charge on any atom is 0.490 e. The van der Waals surface area contributed by atoms with Crippen LogP contribution in [0.15, 0.2) is 29.3 Å². The molecule has 1 saturated heterocycles. The van der Waals surface area contributed by atoms with Crippen molar-refractivity contribution in [2.45, 2.75) is 145 Å². The number of aromatic nitrogens is 2. The fourth-order valence-corrected chi connectivity index (χ4v) is 8.27. The summed E-state index contributed by atoms with van der Waals surface area (Å²) < 4.78 is 42.4. The van der Waals surface area contributed by atoms with Gasteiger partial charge in [-0.2, -0.15) is 13.2 Å². The van der Waals surface area contributed by atoms with E-state index in [2.05, 4.69) is 56.9 Å². The first-order chi connectivity index (χ1) is 40.4. The summed E-state index contributed by atoms with van der Waals surface area (Å²) in [5.41, 5.74) is 38.8. The van der Waals surface area contributed by atoms with E-state index in [-0.39, 0.29) is 94.9 Å². The van der Waals surface area contributed by atoms with Crippen molar-refractivity contribution in [3.05, 3.63) is 30.0 Å². The van der Waals surface area contributed by atoms with E-state index in [1.54, 1.807) is 0 Å². The Morgan fingerprint density at radius 1 is 0.788 bits per heavy atom. The average Bonchev–Trinajstić information content (AvgIpc) is 4.23. The molecule has 0 bridgehead atoms. The molecule has 35 heteroatoms. The van der Waals surface area contributed by atoms with Crippen LogP contribution < -0.4 is 82.7 Å². The van der Waals surface area contributed by atoms with Crippen LogP contribution in [-0.4, -0.2) is 205 Å². The molecule has 32 nitrogen and oxygen atoms in total. The number of aliphatic hydroxyl groups excluding tert-OH is 1. The lowest BCUT2D eigenvalue weighted by Crippen LogP contribution is -2.57. The number of esters is 1. The Morgan fingerprint density at radius 3 is 2.02 bits per heavy atom. The van der Waals surface area contributed by atoms with E-state index >= 15 is 0 Å². The maximum atomic E-state index is 14.4. The van der Waals surface area contributed by atoms with Gasteiger partial charge in [-0.05, 0) is 110 Å². The molecule has 7 atom stereocenters. The number of nitrogens with two attached hydrogens (primary N) is 7. The standard InChI is InChI=1S/C50H85F3N20O12/c51-50(52,53)48(84)85-30(24-58)23-38(75)72-40(37(74)25-59)46(82)65-27-39(76)67-34(12-7-18-57)47(83)73-21-9-14-36(73)45(81)71-35(22-29-26-62-28-66-29)44(80)70-32(11-2-4-16-55)42(78)69-33(13-8-20-64-49(60)61)43(79)68-31(10-1-3-15-54)41(77)63-19-6-5-17-56/h13,26,28,30-32,35-37,40,74H,1-12,14-25,27,54-59H2,(H,62,66)(H,63,77)(H,65,82)(H,68,79)(H,69,78)(H,70,80)(H,71,81)(H,72,75)(H4,60,61,64)/b33-13-,67-34+/t30-,31+,32+,35+,36+,37+,40+/m1/s1. The number of nitrogens with one attached hydrogen (secondary N) is 10. The molecule has 0 unspecified atom stereocenters. The molecular formula is C50H85F3N20O12. The maximum absolute atomic E-state index is 14.4. The molecular weight excluding hydrogens is 1130 g/mol. The van der Waals surface area contributed by atoms with Gasteiger partial charge < -0.3 is 102 Å². The molecule has 25 N–H and O–H groups in total. The third kappa shape index (κ3) is 27.7. The Bertz CT molecular complexity index is 2420. The van der Waals surface area contributed by atoms with Gasteiger partial charge in [-0.15, -0.1) is 0 Å². The second-order valence-corrected chi connectivity index (χ2v) is 19.6. The molecule has 0 saturated carbocycles. The summed E-state index contributed by atoms with van der Waals surface area (Å²) in [7, 11) is 0. The number of unbranched alkanes of at least 4 members (excludes halogenated alkanes) is 3. The van der Waals surface area contributed by atoms with Crippen molar-refractivity contribution in [1.82, 2.24) is 57.4 Å². The zero-order chi connectivity index (χ0) is 63.5. The quantitative estimate of drug-likeness (QED) is 0.00956. The topological polar surface area (TPSA) is 547 Å². The van der Waals surface area contributed by atoms with Gasteiger partial charge in [0.25, 0.3) is 17.7 Å². The lowest BCUT2D eigenvalue weighted by Gasteiger charge is -2.28. The van der Waals surface area contributed by atoms with E-state index in [0.29, 0.717) is 63.9 Å². The van der Waals surface area contributed by atoms with Crippen LogP contribution in [0.2, 0.25) is 0 Å². The van der Waals surface area contributed by atoms with E-state index < -0.39 is 134 Å². The molecule has 0 aliphatic carbocycles. The Kier molecular flexibility index (Phi) is 34.3. The van der Waals surface area contributed by atoms with Crippen molar-refractivity contribution in [3.8, 4) is 0 Å². The molecule has 2 heterocycles. The molecule has 9 amide bonds. The first kappa shape index (κ1) is 73.4. The Hall–Kier alpha value is -7.70. The van der Waals surface area contributed by atoms with Crippen molar-refractivity contribution in [1.29, 1.82) is 5.41 Å². The van der Waals surface area contributed by atoms with Crippen molar-refractivity contribution in [2.24, 2.45) is 45.1 Å². The van der Waals surface area contributed by atoms with Crippen LogP contribution in [0.1, 0.15) is 95.6 Å². The smallest absolute Gasteiger partial charge is 0.454 e. The average molecular weight is 1220 g/mol. The zero-order valence-electron chi connectivity index (χ0n) is 47.4. The number of nitrogens with zero attached hydrogens (tertiary/aromatic N) is 3. The third-order valence-electron chi connectivity index (χ3n) is 12.8. The monoisotopic (exact) mass is 1210 g/mol. The summed E-state index contributed by atoms with van der Waals surface area (Å²) in [5, 5.41) is 38.1. The number of guanidine groups is 1. The summed E-state index contributed by atoms with van der Waals surface area (Å²) >= 11 is 0. The molecule has 1 aromatic rings. The third-order valence-corrected chi connectivity index (χ3v) is 12.8. The highest BCUT2D eigenvalue weighted by atomic mass is 19.4. The number of H-pyrrole nitrogens is 1. The Morgan fingerprint density at radius 2 is 1.44 bits per heavy atom. The number of rotatable bonds is 40. The number of imidazole rings is 1. The number of hydrogen-bond acceptors (Lipinski definition) is 20. The predicted octanol–water partition coefficient (Wildman–Crippen LogP) is -6.17. The van der Waals surface area contributed by atoms with Crippen LogP contribution >= 0.6 is 0 Å². The second kappa shape index (κ2) is 39.8. The van der Waals surface area contributed by atoms with E-state index in [1.807, 2.05) is 5.32 Å². The number of carbonyl (C=O) groups excluding carboxylic acids is 10. The number of alkyl halides is 3. The first-order valence-corrected chi connectivity index (χ1v) is 27.8. The van der Waals surface area contributed by atoms with Crippen molar-refractivity contribution in [3.63, 3.8) is 0 Å². The second-order valence-electron chi connectivity index (χ2n) is 19.6. The number of carbonyl (C=O) groups is 10. The summed E-state index contributed by atoms with van der Waals surface area (Å²) in [6, 6.07) is -7.00. The zero-order valence-corrected chi connectivity index (χ0v) is 47.4. The summed E-state index contributed by atoms with van der Waals surface area (Å²) in [6.07, 6.45) is -2.59. The van der Waals surface area contributed by atoms with Crippen molar-refractivity contribution >= 4 is 70.8 Å². The number of aliphatic imine (C=N–C) groups is 1. The number of aromatic amines is 1. The molecule has 2 rings (SSSR count). The largest absolute Gasteiger partial charge is 0.490 e. The van der Waals surface area contributed by atoms with Gasteiger partial charge in [0.15, 0.2) is 5.96 Å². The predicted molar refractivity (Wildman–Crippen MR) is 301 cm³/mol. The molecule has 0 aromatic carbocycles.